The molecule has 1 amide bonds. The quantitative estimate of drug-likeness (QED) is 0.821. The van der Waals surface area contributed by atoms with Gasteiger partial charge in [-0.1, -0.05) is 0 Å². The summed E-state index contributed by atoms with van der Waals surface area (Å²) in [6.07, 6.45) is 2.93. The van der Waals surface area contributed by atoms with E-state index in [1.54, 1.807) is 36.4 Å². The maximum absolute atomic E-state index is 12.0. The van der Waals surface area contributed by atoms with Crippen molar-refractivity contribution in [2.45, 2.75) is 13.0 Å². The number of piperazine rings is 1. The summed E-state index contributed by atoms with van der Waals surface area (Å²) in [5, 5.41) is 9.34. The van der Waals surface area contributed by atoms with E-state index in [2.05, 4.69) is 9.88 Å². The smallest absolute Gasteiger partial charge is 0.260 e. The standard InChI is InChI=1S/C14H21N3O3/c1-12(18)10-16-5-7-17(8-6-16)14(19)11-20-13-3-2-4-15-9-13/h2-4,9,12,18H,5-8,10-11H2,1H3/t12-/m0/s1. The number of carbonyl (C=O) groups excluding carboxylic acids is 1. The summed E-state index contributed by atoms with van der Waals surface area (Å²) in [5.74, 6) is 0.596. The third-order valence-electron chi connectivity index (χ3n) is 3.24. The molecule has 0 aromatic carbocycles. The van der Waals surface area contributed by atoms with Crippen molar-refractivity contribution >= 4 is 5.91 Å². The second-order valence-corrected chi connectivity index (χ2v) is 5.01. The van der Waals surface area contributed by atoms with Gasteiger partial charge in [-0.25, -0.2) is 0 Å². The summed E-state index contributed by atoms with van der Waals surface area (Å²) >= 11 is 0. The lowest BCUT2D eigenvalue weighted by molar-refractivity contribution is -0.135. The average molecular weight is 279 g/mol. The molecule has 1 fully saturated rings. The first-order valence-electron chi connectivity index (χ1n) is 6.86. The molecule has 0 aliphatic carbocycles. The zero-order valence-electron chi connectivity index (χ0n) is 11.7. The number of ether oxygens (including phenoxy) is 1. The van der Waals surface area contributed by atoms with Gasteiger partial charge >= 0.3 is 0 Å². The van der Waals surface area contributed by atoms with Crippen molar-refractivity contribution in [3.63, 3.8) is 0 Å². The molecule has 0 unspecified atom stereocenters. The van der Waals surface area contributed by atoms with Crippen LogP contribution in [-0.2, 0) is 4.79 Å². The Morgan fingerprint density at radius 2 is 2.20 bits per heavy atom. The number of aliphatic hydroxyl groups excluding tert-OH is 1. The number of rotatable bonds is 5. The number of aliphatic hydroxyl groups is 1. The van der Waals surface area contributed by atoms with Gasteiger partial charge < -0.3 is 14.7 Å². The van der Waals surface area contributed by atoms with Crippen LogP contribution in [0.4, 0.5) is 0 Å². The van der Waals surface area contributed by atoms with Crippen LogP contribution in [0.1, 0.15) is 6.92 Å². The number of hydrogen-bond acceptors (Lipinski definition) is 5. The van der Waals surface area contributed by atoms with Crippen molar-refractivity contribution in [3.05, 3.63) is 24.5 Å². The first-order valence-corrected chi connectivity index (χ1v) is 6.86. The van der Waals surface area contributed by atoms with Gasteiger partial charge in [-0.2, -0.15) is 0 Å². The number of amides is 1. The van der Waals surface area contributed by atoms with Crippen molar-refractivity contribution in [1.82, 2.24) is 14.8 Å². The summed E-state index contributed by atoms with van der Waals surface area (Å²) in [6.45, 7) is 5.44. The fourth-order valence-corrected chi connectivity index (χ4v) is 2.22. The van der Waals surface area contributed by atoms with Crippen molar-refractivity contribution in [2.75, 3.05) is 39.3 Å². The van der Waals surface area contributed by atoms with E-state index in [-0.39, 0.29) is 18.6 Å². The maximum atomic E-state index is 12.0. The van der Waals surface area contributed by atoms with Crippen LogP contribution in [0.2, 0.25) is 0 Å². The second kappa shape index (κ2) is 7.21. The molecule has 1 aromatic rings. The molecule has 1 aliphatic rings. The molecule has 2 heterocycles. The van der Waals surface area contributed by atoms with Gasteiger partial charge in [0.15, 0.2) is 6.61 Å². The Kier molecular flexibility index (Phi) is 5.31. The number of carbonyl (C=O) groups is 1. The molecular formula is C14H21N3O3. The number of β-amino-alcohol motifs (C(OH)–C–C–N with tert-alkyl or cyclic N) is 1. The number of nitrogens with zero attached hydrogens (tertiary/aromatic N) is 3. The van der Waals surface area contributed by atoms with E-state index < -0.39 is 0 Å². The van der Waals surface area contributed by atoms with E-state index in [1.165, 1.54) is 0 Å². The highest BCUT2D eigenvalue weighted by atomic mass is 16.5. The van der Waals surface area contributed by atoms with Gasteiger partial charge in [0, 0.05) is 38.9 Å². The van der Waals surface area contributed by atoms with Crippen LogP contribution in [0.25, 0.3) is 0 Å². The lowest BCUT2D eigenvalue weighted by atomic mass is 10.2. The maximum Gasteiger partial charge on any atom is 0.260 e. The summed E-state index contributed by atoms with van der Waals surface area (Å²) in [7, 11) is 0. The first-order chi connectivity index (χ1) is 9.65. The molecule has 0 saturated carbocycles. The third-order valence-corrected chi connectivity index (χ3v) is 3.24. The number of aromatic nitrogens is 1. The molecule has 6 heteroatoms. The molecule has 110 valence electrons. The predicted molar refractivity (Wildman–Crippen MR) is 74.4 cm³/mol. The number of hydrogen-bond donors (Lipinski definition) is 1. The molecule has 6 nitrogen and oxygen atoms in total. The van der Waals surface area contributed by atoms with Gasteiger partial charge in [-0.05, 0) is 19.1 Å². The first kappa shape index (κ1) is 14.7. The Morgan fingerprint density at radius 3 is 2.80 bits per heavy atom. The normalized spacial score (nSPS) is 17.8. The Bertz CT molecular complexity index is 417. The van der Waals surface area contributed by atoms with Crippen molar-refractivity contribution < 1.29 is 14.6 Å². The lowest BCUT2D eigenvalue weighted by Crippen LogP contribution is -2.51. The van der Waals surface area contributed by atoms with Crippen LogP contribution in [0.3, 0.4) is 0 Å². The summed E-state index contributed by atoms with van der Waals surface area (Å²) in [6, 6.07) is 3.55. The summed E-state index contributed by atoms with van der Waals surface area (Å²) in [5.41, 5.74) is 0. The zero-order valence-corrected chi connectivity index (χ0v) is 11.7. The minimum absolute atomic E-state index is 0.00875. The van der Waals surface area contributed by atoms with E-state index in [9.17, 15) is 9.90 Å². The highest BCUT2D eigenvalue weighted by molar-refractivity contribution is 5.77. The zero-order chi connectivity index (χ0) is 14.4. The molecule has 1 atom stereocenters. The largest absolute Gasteiger partial charge is 0.482 e. The average Bonchev–Trinajstić information content (AvgIpc) is 2.46. The van der Waals surface area contributed by atoms with Crippen molar-refractivity contribution in [2.24, 2.45) is 0 Å². The minimum Gasteiger partial charge on any atom is -0.482 e. The van der Waals surface area contributed by atoms with Gasteiger partial charge in [0.2, 0.25) is 0 Å². The van der Waals surface area contributed by atoms with Crippen LogP contribution < -0.4 is 4.74 Å². The SMILES string of the molecule is C[C@H](O)CN1CCN(C(=O)COc2cccnc2)CC1. The molecular weight excluding hydrogens is 258 g/mol. The van der Waals surface area contributed by atoms with Crippen molar-refractivity contribution in [1.29, 1.82) is 0 Å². The minimum atomic E-state index is -0.328. The molecule has 0 radical (unpaired) electrons. The molecule has 0 spiro atoms. The lowest BCUT2D eigenvalue weighted by Gasteiger charge is -2.35. The third kappa shape index (κ3) is 4.47. The van der Waals surface area contributed by atoms with Crippen LogP contribution >= 0.6 is 0 Å². The molecule has 1 saturated heterocycles. The molecule has 2 rings (SSSR count). The molecule has 20 heavy (non-hydrogen) atoms. The highest BCUT2D eigenvalue weighted by Gasteiger charge is 2.21. The molecule has 1 aromatic heterocycles. The van der Waals surface area contributed by atoms with Gasteiger partial charge in [0.1, 0.15) is 5.75 Å². The van der Waals surface area contributed by atoms with Crippen LogP contribution in [0.5, 0.6) is 5.75 Å². The Labute approximate surface area is 119 Å². The Morgan fingerprint density at radius 1 is 1.45 bits per heavy atom. The highest BCUT2D eigenvalue weighted by Crippen LogP contribution is 2.08. The van der Waals surface area contributed by atoms with E-state index >= 15 is 0 Å². The predicted octanol–water partition coefficient (Wildman–Crippen LogP) is -0.0146. The van der Waals surface area contributed by atoms with E-state index in [1.807, 2.05) is 0 Å². The van der Waals surface area contributed by atoms with Crippen LogP contribution in [-0.4, -0.2) is 71.2 Å². The van der Waals surface area contributed by atoms with E-state index in [0.717, 1.165) is 13.1 Å². The van der Waals surface area contributed by atoms with E-state index in [4.69, 9.17) is 4.74 Å². The molecule has 1 N–H and O–H groups in total. The Balaban J connectivity index is 1.72. The van der Waals surface area contributed by atoms with Gasteiger partial charge in [-0.3, -0.25) is 14.7 Å². The topological polar surface area (TPSA) is 65.9 Å². The fraction of sp³-hybridized carbons (Fsp3) is 0.571. The van der Waals surface area contributed by atoms with Crippen LogP contribution in [0.15, 0.2) is 24.5 Å². The molecule has 1 aliphatic heterocycles. The van der Waals surface area contributed by atoms with Gasteiger partial charge in [-0.15, -0.1) is 0 Å². The molecule has 0 bridgehead atoms. The van der Waals surface area contributed by atoms with Gasteiger partial charge in [0.05, 0.1) is 12.3 Å². The van der Waals surface area contributed by atoms with Gasteiger partial charge in [0.25, 0.3) is 5.91 Å². The van der Waals surface area contributed by atoms with Crippen molar-refractivity contribution in [3.8, 4) is 5.75 Å². The fourth-order valence-electron chi connectivity index (χ4n) is 2.22. The Hall–Kier alpha value is -1.66. The number of pyridine rings is 1. The van der Waals surface area contributed by atoms with Crippen LogP contribution in [0, 0.1) is 0 Å². The summed E-state index contributed by atoms with van der Waals surface area (Å²) in [4.78, 5) is 19.9. The monoisotopic (exact) mass is 279 g/mol. The summed E-state index contributed by atoms with van der Waals surface area (Å²) < 4.78 is 5.41. The van der Waals surface area contributed by atoms with E-state index in [0.29, 0.717) is 25.4 Å². The second-order valence-electron chi connectivity index (χ2n) is 5.01.